The van der Waals surface area contributed by atoms with Crippen molar-refractivity contribution in [2.75, 3.05) is 18.5 Å². The van der Waals surface area contributed by atoms with Gasteiger partial charge in [0, 0.05) is 25.3 Å². The van der Waals surface area contributed by atoms with Crippen molar-refractivity contribution in [1.82, 2.24) is 5.32 Å². The van der Waals surface area contributed by atoms with Gasteiger partial charge in [-0.2, -0.15) is 0 Å². The van der Waals surface area contributed by atoms with Crippen molar-refractivity contribution < 1.29 is 14.8 Å². The molecule has 0 aliphatic carbocycles. The van der Waals surface area contributed by atoms with Crippen LogP contribution in [-0.2, 0) is 0 Å². The molecule has 1 aromatic carbocycles. The SMILES string of the molecule is Cc1ccc([N+](=O)[O-])cc1NC(=O)NCCCO. The van der Waals surface area contributed by atoms with E-state index in [2.05, 4.69) is 10.6 Å². The Hall–Kier alpha value is -2.15. The minimum absolute atomic E-state index is 0.00385. The number of nitro groups is 1. The van der Waals surface area contributed by atoms with Gasteiger partial charge in [0.05, 0.1) is 10.6 Å². The monoisotopic (exact) mass is 253 g/mol. The second-order valence-corrected chi connectivity index (χ2v) is 3.71. The van der Waals surface area contributed by atoms with Crippen LogP contribution in [0.4, 0.5) is 16.2 Å². The van der Waals surface area contributed by atoms with Gasteiger partial charge in [-0.1, -0.05) is 6.07 Å². The summed E-state index contributed by atoms with van der Waals surface area (Å²) < 4.78 is 0. The highest BCUT2D eigenvalue weighted by Gasteiger charge is 2.10. The predicted octanol–water partition coefficient (Wildman–Crippen LogP) is 1.41. The number of aryl methyl sites for hydroxylation is 1. The van der Waals surface area contributed by atoms with Crippen molar-refractivity contribution >= 4 is 17.4 Å². The Labute approximate surface area is 104 Å². The molecular formula is C11H15N3O4. The molecule has 0 saturated heterocycles. The molecule has 3 N–H and O–H groups in total. The molecule has 0 saturated carbocycles. The van der Waals surface area contributed by atoms with Crippen LogP contribution in [0.2, 0.25) is 0 Å². The maximum atomic E-state index is 11.4. The zero-order valence-electron chi connectivity index (χ0n) is 9.97. The van der Waals surface area contributed by atoms with Gasteiger partial charge in [-0.05, 0) is 18.9 Å². The number of benzene rings is 1. The number of amides is 2. The summed E-state index contributed by atoms with van der Waals surface area (Å²) in [6.45, 7) is 2.08. The van der Waals surface area contributed by atoms with Gasteiger partial charge in [-0.15, -0.1) is 0 Å². The largest absolute Gasteiger partial charge is 0.396 e. The summed E-state index contributed by atoms with van der Waals surface area (Å²) >= 11 is 0. The lowest BCUT2D eigenvalue weighted by Gasteiger charge is -2.09. The molecule has 7 nitrogen and oxygen atoms in total. The number of aliphatic hydroxyl groups excluding tert-OH is 1. The number of urea groups is 1. The summed E-state index contributed by atoms with van der Waals surface area (Å²) in [5.41, 5.74) is 1.05. The van der Waals surface area contributed by atoms with Crippen LogP contribution < -0.4 is 10.6 Å². The van der Waals surface area contributed by atoms with Crippen LogP contribution in [0.3, 0.4) is 0 Å². The van der Waals surface area contributed by atoms with Gasteiger partial charge in [0.15, 0.2) is 0 Å². The minimum Gasteiger partial charge on any atom is -0.396 e. The Kier molecular flexibility index (Phi) is 5.06. The third-order valence-corrected chi connectivity index (χ3v) is 2.30. The normalized spacial score (nSPS) is 9.89. The van der Waals surface area contributed by atoms with Crippen LogP contribution >= 0.6 is 0 Å². The molecule has 98 valence electrons. The fraction of sp³-hybridized carbons (Fsp3) is 0.364. The van der Waals surface area contributed by atoms with Gasteiger partial charge in [0.25, 0.3) is 5.69 Å². The summed E-state index contributed by atoms with van der Waals surface area (Å²) in [7, 11) is 0. The number of hydrogen-bond acceptors (Lipinski definition) is 4. The number of nitrogens with zero attached hydrogens (tertiary/aromatic N) is 1. The maximum Gasteiger partial charge on any atom is 0.319 e. The number of nitrogens with one attached hydrogen (secondary N) is 2. The molecular weight excluding hydrogens is 238 g/mol. The molecule has 1 rings (SSSR count). The molecule has 18 heavy (non-hydrogen) atoms. The van der Waals surface area contributed by atoms with E-state index in [-0.39, 0.29) is 12.3 Å². The Morgan fingerprint density at radius 2 is 2.22 bits per heavy atom. The van der Waals surface area contributed by atoms with E-state index in [1.54, 1.807) is 13.0 Å². The number of rotatable bonds is 5. The zero-order chi connectivity index (χ0) is 13.5. The molecule has 0 spiro atoms. The highest BCUT2D eigenvalue weighted by molar-refractivity contribution is 5.90. The van der Waals surface area contributed by atoms with Crippen LogP contribution in [0.1, 0.15) is 12.0 Å². The first-order chi connectivity index (χ1) is 8.54. The van der Waals surface area contributed by atoms with Gasteiger partial charge in [-0.25, -0.2) is 4.79 Å². The molecule has 0 aromatic heterocycles. The lowest BCUT2D eigenvalue weighted by Crippen LogP contribution is -2.30. The number of carbonyl (C=O) groups is 1. The first-order valence-corrected chi connectivity index (χ1v) is 5.45. The van der Waals surface area contributed by atoms with Crippen molar-refractivity contribution in [3.63, 3.8) is 0 Å². The fourth-order valence-corrected chi connectivity index (χ4v) is 1.31. The third-order valence-electron chi connectivity index (χ3n) is 2.30. The number of non-ortho nitro benzene ring substituents is 1. The van der Waals surface area contributed by atoms with Crippen LogP contribution in [0.25, 0.3) is 0 Å². The first-order valence-electron chi connectivity index (χ1n) is 5.45. The lowest BCUT2D eigenvalue weighted by molar-refractivity contribution is -0.384. The smallest absolute Gasteiger partial charge is 0.319 e. The summed E-state index contributed by atoms with van der Waals surface area (Å²) in [5, 5.41) is 24.2. The molecule has 0 atom stereocenters. The Morgan fingerprint density at radius 3 is 2.83 bits per heavy atom. The Bertz CT molecular complexity index is 448. The van der Waals surface area contributed by atoms with E-state index in [0.717, 1.165) is 5.56 Å². The topological polar surface area (TPSA) is 105 Å². The van der Waals surface area contributed by atoms with Gasteiger partial charge >= 0.3 is 6.03 Å². The summed E-state index contributed by atoms with van der Waals surface area (Å²) in [5.74, 6) is 0. The van der Waals surface area contributed by atoms with E-state index in [1.165, 1.54) is 12.1 Å². The van der Waals surface area contributed by atoms with E-state index < -0.39 is 11.0 Å². The molecule has 1 aromatic rings. The average molecular weight is 253 g/mol. The fourth-order valence-electron chi connectivity index (χ4n) is 1.31. The molecule has 2 amide bonds. The number of carbonyl (C=O) groups excluding carboxylic acids is 1. The van der Waals surface area contributed by atoms with Crippen molar-refractivity contribution in [3.8, 4) is 0 Å². The number of nitro benzene ring substituents is 1. The Balaban J connectivity index is 2.68. The average Bonchev–Trinajstić information content (AvgIpc) is 2.32. The third kappa shape index (κ3) is 4.02. The van der Waals surface area contributed by atoms with Gasteiger partial charge < -0.3 is 15.7 Å². The second-order valence-electron chi connectivity index (χ2n) is 3.71. The zero-order valence-corrected chi connectivity index (χ0v) is 9.97. The van der Waals surface area contributed by atoms with E-state index in [1.807, 2.05) is 0 Å². The predicted molar refractivity (Wildman–Crippen MR) is 66.6 cm³/mol. The molecule has 0 aliphatic heterocycles. The quantitative estimate of drug-likeness (QED) is 0.419. The molecule has 0 heterocycles. The van der Waals surface area contributed by atoms with Crippen LogP contribution in [0.5, 0.6) is 0 Å². The van der Waals surface area contributed by atoms with E-state index in [9.17, 15) is 14.9 Å². The molecule has 7 heteroatoms. The number of hydrogen-bond donors (Lipinski definition) is 3. The highest BCUT2D eigenvalue weighted by Crippen LogP contribution is 2.21. The number of anilines is 1. The molecule has 0 unspecified atom stereocenters. The molecule has 0 bridgehead atoms. The van der Waals surface area contributed by atoms with Crippen LogP contribution in [0.15, 0.2) is 18.2 Å². The summed E-state index contributed by atoms with van der Waals surface area (Å²) in [4.78, 5) is 21.5. The van der Waals surface area contributed by atoms with Crippen molar-refractivity contribution in [2.45, 2.75) is 13.3 Å². The van der Waals surface area contributed by atoms with Crippen LogP contribution in [0, 0.1) is 17.0 Å². The first kappa shape index (κ1) is 13.9. The minimum atomic E-state index is -0.520. The molecule has 0 radical (unpaired) electrons. The van der Waals surface area contributed by atoms with E-state index >= 15 is 0 Å². The van der Waals surface area contributed by atoms with Gasteiger partial charge in [0.2, 0.25) is 0 Å². The van der Waals surface area contributed by atoms with Gasteiger partial charge in [0.1, 0.15) is 0 Å². The molecule has 0 aliphatic rings. The summed E-state index contributed by atoms with van der Waals surface area (Å²) in [6.07, 6.45) is 0.460. The summed E-state index contributed by atoms with van der Waals surface area (Å²) in [6, 6.07) is 3.80. The lowest BCUT2D eigenvalue weighted by atomic mass is 10.2. The molecule has 0 fully saturated rings. The van der Waals surface area contributed by atoms with E-state index in [4.69, 9.17) is 5.11 Å². The second kappa shape index (κ2) is 6.55. The highest BCUT2D eigenvalue weighted by atomic mass is 16.6. The standard InChI is InChI=1S/C11H15N3O4/c1-8-3-4-9(14(17)18)7-10(8)13-11(16)12-5-2-6-15/h3-4,7,15H,2,5-6H2,1H3,(H2,12,13,16). The van der Waals surface area contributed by atoms with E-state index in [0.29, 0.717) is 18.7 Å². The van der Waals surface area contributed by atoms with Gasteiger partial charge in [-0.3, -0.25) is 10.1 Å². The van der Waals surface area contributed by atoms with Crippen molar-refractivity contribution in [3.05, 3.63) is 33.9 Å². The Morgan fingerprint density at radius 1 is 1.50 bits per heavy atom. The van der Waals surface area contributed by atoms with Crippen LogP contribution in [-0.4, -0.2) is 29.2 Å². The van der Waals surface area contributed by atoms with Crippen molar-refractivity contribution in [1.29, 1.82) is 0 Å². The number of aliphatic hydroxyl groups is 1. The van der Waals surface area contributed by atoms with Crippen molar-refractivity contribution in [2.24, 2.45) is 0 Å². The maximum absolute atomic E-state index is 11.4.